The number of aryl methyl sites for hydroxylation is 2. The number of aromatic nitrogens is 6. The van der Waals surface area contributed by atoms with Gasteiger partial charge in [0.05, 0.1) is 34.9 Å². The molecule has 0 saturated carbocycles. The summed E-state index contributed by atoms with van der Waals surface area (Å²) in [6.45, 7) is 4.34. The predicted octanol–water partition coefficient (Wildman–Crippen LogP) is -2.02. The number of H-pyrrole nitrogens is 1. The number of nitrogens with zero attached hydrogens (tertiary/aromatic N) is 6. The number of aromatic carboxylic acids is 1. The number of anilines is 1. The smallest absolute Gasteiger partial charge is 0.545 e. The average molecular weight is 395 g/mol. The van der Waals surface area contributed by atoms with Crippen molar-refractivity contribution in [3.05, 3.63) is 70.8 Å². The number of nitrogens with one attached hydrogen (secondary N) is 1. The van der Waals surface area contributed by atoms with Crippen molar-refractivity contribution < 1.29 is 28.8 Å². The van der Waals surface area contributed by atoms with Crippen LogP contribution < -0.4 is 28.9 Å². The van der Waals surface area contributed by atoms with Crippen LogP contribution in [-0.4, -0.2) is 42.1 Å². The van der Waals surface area contributed by atoms with Crippen LogP contribution in [0.5, 0.6) is 0 Å². The molecule has 4 aromatic heterocycles. The van der Waals surface area contributed by atoms with E-state index in [0.29, 0.717) is 18.2 Å². The molecule has 0 amide bonds. The van der Waals surface area contributed by atoms with Gasteiger partial charge in [-0.2, -0.15) is 5.10 Å². The van der Waals surface area contributed by atoms with E-state index in [2.05, 4.69) is 26.0 Å². The molecule has 146 valence electrons. The van der Waals surface area contributed by atoms with Crippen LogP contribution in [0.3, 0.4) is 0 Å². The van der Waals surface area contributed by atoms with E-state index >= 15 is 0 Å². The zero-order valence-electron chi connectivity index (χ0n) is 17.0. The van der Waals surface area contributed by atoms with Gasteiger partial charge in [0.2, 0.25) is 5.95 Å². The third-order valence-corrected chi connectivity index (χ3v) is 5.38. The second kappa shape index (κ2) is 7.59. The normalized spacial score (nSPS) is 15.7. The Bertz CT molecular complexity index is 1250. The second-order valence-electron chi connectivity index (χ2n) is 7.16. The van der Waals surface area contributed by atoms with E-state index in [4.69, 9.17) is 5.10 Å². The fraction of sp³-hybridized carbons (Fsp3) is 0.250. The Morgan fingerprint density at radius 3 is 2.87 bits per heavy atom. The summed E-state index contributed by atoms with van der Waals surface area (Å²) < 4.78 is 1.86. The molecular weight excluding hydrogens is 377 g/mol. The van der Waals surface area contributed by atoms with Gasteiger partial charge < -0.3 is 19.8 Å². The van der Waals surface area contributed by atoms with Crippen molar-refractivity contribution in [1.82, 2.24) is 29.5 Å². The van der Waals surface area contributed by atoms with Crippen LogP contribution in [0.2, 0.25) is 0 Å². The molecule has 5 rings (SSSR count). The van der Waals surface area contributed by atoms with E-state index in [9.17, 15) is 9.90 Å². The first-order chi connectivity index (χ1) is 14.0. The van der Waals surface area contributed by atoms with Crippen molar-refractivity contribution in [2.75, 3.05) is 11.4 Å². The van der Waals surface area contributed by atoms with Gasteiger partial charge in [0.15, 0.2) is 0 Å². The molecule has 30 heavy (non-hydrogen) atoms. The number of carbonyl (C=O) groups excluding carboxylic acids is 1. The van der Waals surface area contributed by atoms with Crippen molar-refractivity contribution in [3.8, 4) is 0 Å². The van der Waals surface area contributed by atoms with Crippen molar-refractivity contribution >= 4 is 17.4 Å². The fourth-order valence-corrected chi connectivity index (χ4v) is 3.89. The summed E-state index contributed by atoms with van der Waals surface area (Å²) >= 11 is 0. The van der Waals surface area contributed by atoms with Crippen LogP contribution in [-0.2, 0) is 6.42 Å². The van der Waals surface area contributed by atoms with Gasteiger partial charge in [0, 0.05) is 36.6 Å². The molecule has 4 aromatic rings. The molecule has 9 nitrogen and oxygen atoms in total. The van der Waals surface area contributed by atoms with Gasteiger partial charge in [0.25, 0.3) is 0 Å². The molecule has 0 aliphatic carbocycles. The molecule has 0 spiro atoms. The largest absolute Gasteiger partial charge is 1.00 e. The van der Waals surface area contributed by atoms with Crippen molar-refractivity contribution in [3.63, 3.8) is 0 Å². The van der Waals surface area contributed by atoms with Gasteiger partial charge in [-0.15, -0.1) is 0 Å². The van der Waals surface area contributed by atoms with Crippen molar-refractivity contribution in [2.24, 2.45) is 0 Å². The summed E-state index contributed by atoms with van der Waals surface area (Å²) in [4.78, 5) is 29.8. The number of carbonyl (C=O) groups is 1. The van der Waals surface area contributed by atoms with Crippen LogP contribution >= 0.6 is 0 Å². The topological polar surface area (TPSA) is 115 Å². The summed E-state index contributed by atoms with van der Waals surface area (Å²) in [7, 11) is 0. The molecule has 1 aliphatic heterocycles. The molecule has 0 fully saturated rings. The monoisotopic (exact) mass is 395 g/mol. The van der Waals surface area contributed by atoms with Crippen LogP contribution in [0, 0.1) is 13.8 Å². The first kappa shape index (κ1) is 20.1. The molecule has 0 aromatic carbocycles. The zero-order chi connectivity index (χ0) is 20.1. The molecule has 10 heteroatoms. The number of hydrogen-bond acceptors (Lipinski definition) is 7. The Morgan fingerprint density at radius 1 is 1.30 bits per heavy atom. The predicted molar refractivity (Wildman–Crippen MR) is 103 cm³/mol. The Kier molecular flexibility index (Phi) is 5.10. The quantitative estimate of drug-likeness (QED) is 0.398. The number of carboxylic acid groups (broad SMARTS) is 1. The van der Waals surface area contributed by atoms with Crippen molar-refractivity contribution in [1.29, 1.82) is 0 Å². The van der Waals surface area contributed by atoms with E-state index in [1.807, 2.05) is 34.7 Å². The number of imidazole rings is 1. The third-order valence-electron chi connectivity index (χ3n) is 5.38. The first-order valence-electron chi connectivity index (χ1n) is 9.31. The Morgan fingerprint density at radius 2 is 2.13 bits per heavy atom. The van der Waals surface area contributed by atoms with Crippen LogP contribution in [0.25, 0.3) is 5.52 Å². The van der Waals surface area contributed by atoms with Crippen LogP contribution in [0.1, 0.15) is 44.7 Å². The Labute approximate surface area is 184 Å². The van der Waals surface area contributed by atoms with Gasteiger partial charge in [-0.1, -0.05) is 6.07 Å². The third kappa shape index (κ3) is 3.16. The molecule has 1 unspecified atom stereocenters. The number of fused-ring (bicyclic) bond motifs is 2. The average Bonchev–Trinajstić information content (AvgIpc) is 3.34. The van der Waals surface area contributed by atoms with Crippen LogP contribution in [0.4, 0.5) is 5.95 Å². The van der Waals surface area contributed by atoms with E-state index in [1.165, 1.54) is 6.20 Å². The molecule has 5 heterocycles. The summed E-state index contributed by atoms with van der Waals surface area (Å²) in [6.07, 6.45) is 5.66. The Hall–Kier alpha value is -3.15. The number of aromatic amines is 1. The van der Waals surface area contributed by atoms with E-state index in [0.717, 1.165) is 34.6 Å². The second-order valence-corrected chi connectivity index (χ2v) is 7.16. The first-order valence-corrected chi connectivity index (χ1v) is 9.31. The molecular formula is C20H18LiN7O2. The summed E-state index contributed by atoms with van der Waals surface area (Å²) in [5, 5.41) is 16.0. The maximum Gasteiger partial charge on any atom is 1.00 e. The van der Waals surface area contributed by atoms with Gasteiger partial charge in [-0.05, 0) is 31.5 Å². The number of carboxylic acids is 1. The summed E-state index contributed by atoms with van der Waals surface area (Å²) in [5.74, 6) is -0.838. The van der Waals surface area contributed by atoms with Gasteiger partial charge in [-0.3, -0.25) is 0 Å². The summed E-state index contributed by atoms with van der Waals surface area (Å²) in [6, 6.07) is 5.78. The molecule has 0 saturated heterocycles. The SMILES string of the molecule is Cc1nc(N2CCc3[nH]cnc3C2c2cc3c(C)cccn3n2)ncc1C(=O)[O-].[Li+]. The summed E-state index contributed by atoms with van der Waals surface area (Å²) in [5.41, 5.74) is 5.28. The van der Waals surface area contributed by atoms with E-state index in [-0.39, 0.29) is 30.5 Å². The van der Waals surface area contributed by atoms with Gasteiger partial charge >= 0.3 is 18.9 Å². The van der Waals surface area contributed by atoms with Crippen LogP contribution in [0.15, 0.2) is 36.9 Å². The molecule has 1 atom stereocenters. The number of hydrogen-bond donors (Lipinski definition) is 1. The molecule has 1 N–H and O–H groups in total. The van der Waals surface area contributed by atoms with E-state index in [1.54, 1.807) is 13.3 Å². The van der Waals surface area contributed by atoms with Crippen molar-refractivity contribution in [2.45, 2.75) is 26.3 Å². The minimum absolute atomic E-state index is 0. The zero-order valence-corrected chi connectivity index (χ0v) is 17.0. The molecule has 0 radical (unpaired) electrons. The molecule has 1 aliphatic rings. The number of pyridine rings is 1. The maximum absolute atomic E-state index is 11.2. The number of rotatable bonds is 3. The minimum atomic E-state index is -1.28. The molecule has 0 bridgehead atoms. The Balaban J connectivity index is 0.00000218. The minimum Gasteiger partial charge on any atom is -0.545 e. The fourth-order valence-electron chi connectivity index (χ4n) is 3.89. The van der Waals surface area contributed by atoms with Gasteiger partial charge in [-0.25, -0.2) is 19.5 Å². The standard InChI is InChI=1S/C20H19N7O2.Li/c1-11-4-3-6-27-16(11)8-15(25-27)18-17-14(22-10-23-17)5-7-26(18)20-21-9-13(19(28)29)12(2)24-20;/h3-4,6,8-10,18H,5,7H2,1-2H3,(H,22,23)(H,28,29);/q;+1/p-1. The van der Waals surface area contributed by atoms with E-state index < -0.39 is 5.97 Å². The van der Waals surface area contributed by atoms with Gasteiger partial charge in [0.1, 0.15) is 6.04 Å². The maximum atomic E-state index is 11.2.